The smallest absolute Gasteiger partial charge is 0.243 e. The number of fused-ring (bicyclic) bond motifs is 1. The largest absolute Gasteiger partial charge is 0.383 e. The maximum Gasteiger partial charge on any atom is 0.243 e. The highest BCUT2D eigenvalue weighted by Gasteiger charge is 2.30. The monoisotopic (exact) mass is 289 g/mol. The highest BCUT2D eigenvalue weighted by Crippen LogP contribution is 2.18. The van der Waals surface area contributed by atoms with E-state index in [0.29, 0.717) is 22.7 Å². The van der Waals surface area contributed by atoms with E-state index in [2.05, 4.69) is 20.4 Å². The Labute approximate surface area is 120 Å². The number of aryl methyl sites for hydroxylation is 1. The molecule has 0 saturated carbocycles. The number of carbonyl (C=O) groups excluding carboxylic acids is 2. The highest BCUT2D eigenvalue weighted by atomic mass is 16.2. The van der Waals surface area contributed by atoms with E-state index in [1.165, 1.54) is 0 Å². The Morgan fingerprint density at radius 2 is 2.19 bits per heavy atom. The van der Waals surface area contributed by atoms with Crippen LogP contribution in [-0.2, 0) is 23.2 Å². The first-order valence-corrected chi connectivity index (χ1v) is 6.47. The van der Waals surface area contributed by atoms with Crippen molar-refractivity contribution in [3.63, 3.8) is 0 Å². The molecule has 0 aromatic carbocycles. The zero-order chi connectivity index (χ0) is 15.1. The van der Waals surface area contributed by atoms with E-state index in [1.54, 1.807) is 29.7 Å². The minimum absolute atomic E-state index is 0.125. The molecule has 1 aliphatic rings. The molecule has 3 rings (SSSR count). The lowest BCUT2D eigenvalue weighted by Crippen LogP contribution is -2.56. The first-order valence-electron chi connectivity index (χ1n) is 6.47. The summed E-state index contributed by atoms with van der Waals surface area (Å²) in [4.78, 5) is 33.4. The van der Waals surface area contributed by atoms with E-state index in [4.69, 9.17) is 5.73 Å². The average Bonchev–Trinajstić information content (AvgIpc) is 2.78. The Kier molecular flexibility index (Phi) is 3.05. The third kappa shape index (κ3) is 2.31. The number of hydrogen-bond donors (Lipinski definition) is 2. The van der Waals surface area contributed by atoms with Gasteiger partial charge >= 0.3 is 0 Å². The number of hydrogen-bond acceptors (Lipinski definition) is 7. The van der Waals surface area contributed by atoms with Crippen molar-refractivity contribution in [1.29, 1.82) is 0 Å². The van der Waals surface area contributed by atoms with Crippen molar-refractivity contribution in [1.82, 2.24) is 30.0 Å². The number of imide groups is 1. The van der Waals surface area contributed by atoms with Gasteiger partial charge in [0.1, 0.15) is 11.6 Å². The van der Waals surface area contributed by atoms with Gasteiger partial charge in [-0.25, -0.2) is 9.97 Å². The van der Waals surface area contributed by atoms with Gasteiger partial charge in [0.15, 0.2) is 5.65 Å². The van der Waals surface area contributed by atoms with Crippen molar-refractivity contribution in [3.8, 4) is 0 Å². The lowest BCUT2D eigenvalue weighted by molar-refractivity contribution is -0.139. The number of nitrogens with zero attached hydrogens (tertiary/aromatic N) is 5. The Morgan fingerprint density at radius 1 is 1.43 bits per heavy atom. The van der Waals surface area contributed by atoms with Crippen LogP contribution in [0.4, 0.5) is 5.82 Å². The molecular weight excluding hydrogens is 274 g/mol. The maximum absolute atomic E-state index is 11.6. The van der Waals surface area contributed by atoms with Gasteiger partial charge in [0.25, 0.3) is 0 Å². The van der Waals surface area contributed by atoms with Crippen LogP contribution in [0.1, 0.15) is 12.7 Å². The number of anilines is 1. The van der Waals surface area contributed by atoms with Crippen LogP contribution in [-0.4, -0.2) is 49.0 Å². The molecule has 2 aromatic heterocycles. The molecule has 1 fully saturated rings. The summed E-state index contributed by atoms with van der Waals surface area (Å²) < 4.78 is 1.61. The first kappa shape index (κ1) is 13.4. The molecule has 21 heavy (non-hydrogen) atoms. The molecule has 2 amide bonds. The van der Waals surface area contributed by atoms with Gasteiger partial charge in [-0.15, -0.1) is 0 Å². The molecule has 0 radical (unpaired) electrons. The van der Waals surface area contributed by atoms with Crippen LogP contribution in [0.25, 0.3) is 11.0 Å². The van der Waals surface area contributed by atoms with Gasteiger partial charge in [0.2, 0.25) is 11.8 Å². The third-order valence-corrected chi connectivity index (χ3v) is 3.55. The molecule has 3 N–H and O–H groups in total. The van der Waals surface area contributed by atoms with Crippen LogP contribution < -0.4 is 11.1 Å². The van der Waals surface area contributed by atoms with E-state index in [1.807, 2.05) is 0 Å². The lowest BCUT2D eigenvalue weighted by Gasteiger charge is -2.30. The third-order valence-electron chi connectivity index (χ3n) is 3.55. The summed E-state index contributed by atoms with van der Waals surface area (Å²) in [6, 6.07) is -0.422. The summed E-state index contributed by atoms with van der Waals surface area (Å²) in [5.74, 6) is 0.148. The second-order valence-electron chi connectivity index (χ2n) is 5.02. The second-order valence-corrected chi connectivity index (χ2v) is 5.02. The van der Waals surface area contributed by atoms with E-state index in [0.717, 1.165) is 0 Å². The quantitative estimate of drug-likeness (QED) is 0.666. The number of aromatic nitrogens is 4. The Hall–Kier alpha value is -2.55. The van der Waals surface area contributed by atoms with Gasteiger partial charge in [-0.1, -0.05) is 0 Å². The highest BCUT2D eigenvalue weighted by molar-refractivity contribution is 6.00. The Morgan fingerprint density at radius 3 is 2.95 bits per heavy atom. The van der Waals surface area contributed by atoms with Crippen LogP contribution in [0.2, 0.25) is 0 Å². The van der Waals surface area contributed by atoms with Crippen molar-refractivity contribution in [2.45, 2.75) is 19.5 Å². The Balaban J connectivity index is 1.92. The maximum atomic E-state index is 11.6. The molecule has 0 bridgehead atoms. The number of amides is 2. The van der Waals surface area contributed by atoms with Gasteiger partial charge in [-0.2, -0.15) is 5.10 Å². The van der Waals surface area contributed by atoms with Crippen LogP contribution >= 0.6 is 0 Å². The zero-order valence-corrected chi connectivity index (χ0v) is 11.7. The lowest BCUT2D eigenvalue weighted by atomic mass is 10.2. The first-order chi connectivity index (χ1) is 9.95. The summed E-state index contributed by atoms with van der Waals surface area (Å²) in [5.41, 5.74) is 6.52. The summed E-state index contributed by atoms with van der Waals surface area (Å²) in [6.07, 6.45) is 1.61. The van der Waals surface area contributed by atoms with E-state index in [9.17, 15) is 9.59 Å². The van der Waals surface area contributed by atoms with Gasteiger partial charge in [0.05, 0.1) is 30.7 Å². The molecule has 1 saturated heterocycles. The van der Waals surface area contributed by atoms with Crippen molar-refractivity contribution < 1.29 is 9.59 Å². The van der Waals surface area contributed by atoms with Crippen molar-refractivity contribution >= 4 is 28.7 Å². The van der Waals surface area contributed by atoms with Crippen LogP contribution in [0, 0.1) is 0 Å². The normalized spacial score (nSPS) is 20.0. The standard InChI is InChI=1S/C12H15N7O2/c1-6-12(21)17-9(20)5-19(6)4-8-15-10(13)7-3-14-18(2)11(7)16-8/h3,6H,4-5H2,1-2H3,(H2,13,15,16)(H,17,20,21). The predicted octanol–water partition coefficient (Wildman–Crippen LogP) is -1.21. The number of nitrogen functional groups attached to an aromatic ring is 1. The molecule has 9 heteroatoms. The predicted molar refractivity (Wildman–Crippen MR) is 73.7 cm³/mol. The zero-order valence-electron chi connectivity index (χ0n) is 11.7. The fourth-order valence-electron chi connectivity index (χ4n) is 2.30. The number of rotatable bonds is 2. The van der Waals surface area contributed by atoms with Crippen molar-refractivity contribution in [2.24, 2.45) is 7.05 Å². The van der Waals surface area contributed by atoms with Gasteiger partial charge < -0.3 is 5.73 Å². The molecule has 110 valence electrons. The summed E-state index contributed by atoms with van der Waals surface area (Å²) in [6.45, 7) is 2.12. The number of carbonyl (C=O) groups is 2. The molecule has 2 aromatic rings. The topological polar surface area (TPSA) is 119 Å². The average molecular weight is 289 g/mol. The summed E-state index contributed by atoms with van der Waals surface area (Å²) in [7, 11) is 1.76. The fourth-order valence-corrected chi connectivity index (χ4v) is 2.30. The summed E-state index contributed by atoms with van der Waals surface area (Å²) >= 11 is 0. The van der Waals surface area contributed by atoms with E-state index >= 15 is 0 Å². The SMILES string of the molecule is CC1C(=O)NC(=O)CN1Cc1nc(N)c2cnn(C)c2n1. The van der Waals surface area contributed by atoms with Gasteiger partial charge in [-0.3, -0.25) is 24.5 Å². The molecule has 0 spiro atoms. The van der Waals surface area contributed by atoms with Crippen LogP contribution in [0.5, 0.6) is 0 Å². The van der Waals surface area contributed by atoms with E-state index in [-0.39, 0.29) is 24.9 Å². The van der Waals surface area contributed by atoms with E-state index < -0.39 is 6.04 Å². The van der Waals surface area contributed by atoms with Crippen molar-refractivity contribution in [3.05, 3.63) is 12.0 Å². The van der Waals surface area contributed by atoms with Gasteiger partial charge in [-0.05, 0) is 6.92 Å². The molecule has 1 atom stereocenters. The molecule has 1 aliphatic heterocycles. The molecule has 1 unspecified atom stereocenters. The van der Waals surface area contributed by atoms with Crippen molar-refractivity contribution in [2.75, 3.05) is 12.3 Å². The van der Waals surface area contributed by atoms with Crippen LogP contribution in [0.15, 0.2) is 6.20 Å². The number of piperazine rings is 1. The minimum Gasteiger partial charge on any atom is -0.383 e. The second kappa shape index (κ2) is 4.77. The fraction of sp³-hybridized carbons (Fsp3) is 0.417. The number of nitrogens with one attached hydrogen (secondary N) is 1. The molecule has 0 aliphatic carbocycles. The molecule has 3 heterocycles. The minimum atomic E-state index is -0.422. The van der Waals surface area contributed by atoms with Crippen LogP contribution in [0.3, 0.4) is 0 Å². The van der Waals surface area contributed by atoms with Gasteiger partial charge in [0, 0.05) is 7.05 Å². The number of nitrogens with two attached hydrogens (primary N) is 1. The summed E-state index contributed by atoms with van der Waals surface area (Å²) in [5, 5.41) is 7.06. The molecule has 9 nitrogen and oxygen atoms in total. The Bertz CT molecular complexity index is 739. The molecular formula is C12H15N7O2.